The molecule has 0 aliphatic heterocycles. The predicted molar refractivity (Wildman–Crippen MR) is 131 cm³/mol. The summed E-state index contributed by atoms with van der Waals surface area (Å²) in [6.07, 6.45) is 2.59. The van der Waals surface area contributed by atoms with E-state index in [0.29, 0.717) is 35.8 Å². The number of benzene rings is 2. The van der Waals surface area contributed by atoms with Crippen molar-refractivity contribution < 1.29 is 28.6 Å². The number of hydrogen-bond donors (Lipinski definition) is 3. The molecule has 0 saturated carbocycles. The van der Waals surface area contributed by atoms with Crippen molar-refractivity contribution in [3.8, 4) is 11.5 Å². The number of esters is 1. The molecule has 2 rings (SSSR count). The molecule has 182 valence electrons. The highest BCUT2D eigenvalue weighted by atomic mass is 32.1. The van der Waals surface area contributed by atoms with E-state index in [0.717, 1.165) is 19.3 Å². The van der Waals surface area contributed by atoms with E-state index in [9.17, 15) is 14.4 Å². The average molecular weight is 488 g/mol. The molecule has 3 N–H and O–H groups in total. The van der Waals surface area contributed by atoms with Crippen LogP contribution in [0.2, 0.25) is 0 Å². The van der Waals surface area contributed by atoms with Crippen molar-refractivity contribution in [2.75, 3.05) is 19.8 Å². The number of rotatable bonds is 11. The molecule has 0 radical (unpaired) electrons. The zero-order valence-electron chi connectivity index (χ0n) is 19.2. The Labute approximate surface area is 204 Å². The highest BCUT2D eigenvalue weighted by molar-refractivity contribution is 7.80. The SMILES string of the molecule is CCCCOc1ccccc1C(=O)NC(=S)NNC(=O)COc1ccc(C(=O)OCCC)cc1. The Morgan fingerprint density at radius 3 is 2.32 bits per heavy atom. The minimum atomic E-state index is -0.522. The van der Waals surface area contributed by atoms with Gasteiger partial charge in [-0.1, -0.05) is 32.4 Å². The van der Waals surface area contributed by atoms with E-state index in [2.05, 4.69) is 16.2 Å². The first-order valence-electron chi connectivity index (χ1n) is 11.0. The third-order valence-corrected chi connectivity index (χ3v) is 4.53. The van der Waals surface area contributed by atoms with Gasteiger partial charge in [-0.15, -0.1) is 0 Å². The second-order valence-corrected chi connectivity index (χ2v) is 7.51. The molecule has 2 amide bonds. The number of nitrogens with one attached hydrogen (secondary N) is 3. The number of unbranched alkanes of at least 4 members (excludes halogenated alkanes) is 1. The highest BCUT2D eigenvalue weighted by Crippen LogP contribution is 2.18. The summed E-state index contributed by atoms with van der Waals surface area (Å²) in [7, 11) is 0. The Bertz CT molecular complexity index is 981. The van der Waals surface area contributed by atoms with Gasteiger partial charge in [-0.3, -0.25) is 25.8 Å². The fourth-order valence-electron chi connectivity index (χ4n) is 2.59. The number of thiocarbonyl (C=S) groups is 1. The molecule has 0 spiro atoms. The summed E-state index contributed by atoms with van der Waals surface area (Å²) in [4.78, 5) is 36.3. The van der Waals surface area contributed by atoms with Crippen molar-refractivity contribution in [2.24, 2.45) is 0 Å². The first-order valence-corrected chi connectivity index (χ1v) is 11.4. The number of carbonyl (C=O) groups excluding carboxylic acids is 3. The fourth-order valence-corrected chi connectivity index (χ4v) is 2.73. The van der Waals surface area contributed by atoms with Crippen LogP contribution in [0, 0.1) is 0 Å². The van der Waals surface area contributed by atoms with Crippen molar-refractivity contribution in [2.45, 2.75) is 33.1 Å². The Morgan fingerprint density at radius 1 is 0.882 bits per heavy atom. The van der Waals surface area contributed by atoms with Gasteiger partial charge in [0.05, 0.1) is 24.3 Å². The minimum absolute atomic E-state index is 0.0864. The van der Waals surface area contributed by atoms with E-state index in [1.165, 1.54) is 0 Å². The van der Waals surface area contributed by atoms with E-state index >= 15 is 0 Å². The summed E-state index contributed by atoms with van der Waals surface area (Å²) in [6.45, 7) is 4.51. The number of para-hydroxylation sites is 1. The molecule has 9 nitrogen and oxygen atoms in total. The van der Waals surface area contributed by atoms with Gasteiger partial charge in [0.15, 0.2) is 11.7 Å². The summed E-state index contributed by atoms with van der Waals surface area (Å²) < 4.78 is 16.1. The molecule has 0 aliphatic rings. The highest BCUT2D eigenvalue weighted by Gasteiger charge is 2.14. The van der Waals surface area contributed by atoms with Crippen molar-refractivity contribution >= 4 is 35.1 Å². The zero-order valence-corrected chi connectivity index (χ0v) is 20.0. The van der Waals surface area contributed by atoms with Crippen molar-refractivity contribution in [1.82, 2.24) is 16.2 Å². The van der Waals surface area contributed by atoms with Gasteiger partial charge in [0.1, 0.15) is 11.5 Å². The molecule has 0 aliphatic carbocycles. The van der Waals surface area contributed by atoms with Crippen LogP contribution in [0.5, 0.6) is 11.5 Å². The van der Waals surface area contributed by atoms with Crippen LogP contribution in [0.15, 0.2) is 48.5 Å². The predicted octanol–water partition coefficient (Wildman–Crippen LogP) is 3.15. The van der Waals surface area contributed by atoms with Crippen LogP contribution < -0.4 is 25.6 Å². The zero-order chi connectivity index (χ0) is 24.8. The van der Waals surface area contributed by atoms with Gasteiger partial charge in [0, 0.05) is 0 Å². The Kier molecular flexibility index (Phi) is 11.3. The van der Waals surface area contributed by atoms with Gasteiger partial charge >= 0.3 is 5.97 Å². The molecule has 0 saturated heterocycles. The third kappa shape index (κ3) is 9.07. The number of ether oxygens (including phenoxy) is 3. The van der Waals surface area contributed by atoms with Crippen LogP contribution in [0.4, 0.5) is 0 Å². The van der Waals surface area contributed by atoms with Crippen LogP contribution in [-0.4, -0.2) is 42.7 Å². The minimum Gasteiger partial charge on any atom is -0.493 e. The maximum absolute atomic E-state index is 12.5. The summed E-state index contributed by atoms with van der Waals surface area (Å²) in [6, 6.07) is 13.1. The van der Waals surface area contributed by atoms with E-state index in [1.807, 2.05) is 13.8 Å². The van der Waals surface area contributed by atoms with Gasteiger partial charge in [-0.25, -0.2) is 4.79 Å². The third-order valence-electron chi connectivity index (χ3n) is 4.33. The number of amides is 2. The number of hydrazine groups is 1. The van der Waals surface area contributed by atoms with Crippen LogP contribution in [0.3, 0.4) is 0 Å². The lowest BCUT2D eigenvalue weighted by atomic mass is 10.2. The van der Waals surface area contributed by atoms with Crippen LogP contribution in [0.25, 0.3) is 0 Å². The Hall–Kier alpha value is -3.66. The van der Waals surface area contributed by atoms with Gasteiger partial charge in [0.2, 0.25) is 0 Å². The largest absolute Gasteiger partial charge is 0.493 e. The molecule has 0 unspecified atom stereocenters. The first-order chi connectivity index (χ1) is 16.4. The lowest BCUT2D eigenvalue weighted by Gasteiger charge is -2.13. The van der Waals surface area contributed by atoms with Gasteiger partial charge in [-0.05, 0) is 61.5 Å². The number of carbonyl (C=O) groups is 3. The van der Waals surface area contributed by atoms with Crippen molar-refractivity contribution in [1.29, 1.82) is 0 Å². The monoisotopic (exact) mass is 487 g/mol. The normalized spacial score (nSPS) is 10.1. The molecular formula is C24H29N3O6S. The molecule has 0 heterocycles. The van der Waals surface area contributed by atoms with E-state index in [4.69, 9.17) is 26.4 Å². The van der Waals surface area contributed by atoms with Crippen LogP contribution in [-0.2, 0) is 9.53 Å². The van der Waals surface area contributed by atoms with Gasteiger partial charge in [0.25, 0.3) is 11.8 Å². The molecular weight excluding hydrogens is 458 g/mol. The topological polar surface area (TPSA) is 115 Å². The van der Waals surface area contributed by atoms with Gasteiger partial charge < -0.3 is 14.2 Å². The second kappa shape index (κ2) is 14.5. The standard InChI is InChI=1S/C24H29N3O6S/c1-3-5-15-31-20-9-7-6-8-19(20)22(29)25-24(34)27-26-21(28)16-33-18-12-10-17(11-13-18)23(30)32-14-4-2/h6-13H,3-5,14-16H2,1-2H3,(H,26,28)(H2,25,27,29,34). The molecule has 34 heavy (non-hydrogen) atoms. The lowest BCUT2D eigenvalue weighted by molar-refractivity contribution is -0.123. The van der Waals surface area contributed by atoms with Crippen LogP contribution >= 0.6 is 12.2 Å². The summed E-state index contributed by atoms with van der Waals surface area (Å²) in [5, 5.41) is 2.40. The average Bonchev–Trinajstić information content (AvgIpc) is 2.85. The quantitative estimate of drug-likeness (QED) is 0.192. The summed E-state index contributed by atoms with van der Waals surface area (Å²) in [5.41, 5.74) is 5.52. The first kappa shape index (κ1) is 26.6. The van der Waals surface area contributed by atoms with Crippen molar-refractivity contribution in [3.05, 3.63) is 59.7 Å². The Balaban J connectivity index is 1.75. The lowest BCUT2D eigenvalue weighted by Crippen LogP contribution is -2.49. The fraction of sp³-hybridized carbons (Fsp3) is 0.333. The molecule has 2 aromatic carbocycles. The van der Waals surface area contributed by atoms with E-state index in [-0.39, 0.29) is 11.7 Å². The second-order valence-electron chi connectivity index (χ2n) is 7.10. The maximum atomic E-state index is 12.5. The summed E-state index contributed by atoms with van der Waals surface area (Å²) in [5.74, 6) is -0.545. The smallest absolute Gasteiger partial charge is 0.338 e. The Morgan fingerprint density at radius 2 is 1.62 bits per heavy atom. The van der Waals surface area contributed by atoms with Crippen molar-refractivity contribution in [3.63, 3.8) is 0 Å². The van der Waals surface area contributed by atoms with E-state index in [1.54, 1.807) is 48.5 Å². The molecule has 2 aromatic rings. The van der Waals surface area contributed by atoms with Gasteiger partial charge in [-0.2, -0.15) is 0 Å². The molecule has 0 atom stereocenters. The molecule has 10 heteroatoms. The molecule has 0 fully saturated rings. The number of hydrogen-bond acceptors (Lipinski definition) is 7. The molecule has 0 aromatic heterocycles. The van der Waals surface area contributed by atoms with Crippen LogP contribution in [0.1, 0.15) is 53.8 Å². The van der Waals surface area contributed by atoms with E-state index < -0.39 is 17.8 Å². The maximum Gasteiger partial charge on any atom is 0.338 e. The molecule has 0 bridgehead atoms. The summed E-state index contributed by atoms with van der Waals surface area (Å²) >= 11 is 5.06.